The Balaban J connectivity index is 2.29. The number of nitrogens with two attached hydrogens (primary N) is 3. The van der Waals surface area contributed by atoms with Gasteiger partial charge in [-0.2, -0.15) is 5.10 Å². The fourth-order valence-electron chi connectivity index (χ4n) is 1.64. The van der Waals surface area contributed by atoms with Crippen LogP contribution in [0.15, 0.2) is 24.3 Å². The fourth-order valence-corrected chi connectivity index (χ4v) is 1.77. The van der Waals surface area contributed by atoms with Gasteiger partial charge in [-0.3, -0.25) is 4.68 Å². The Morgan fingerprint density at radius 3 is 2.41 bits per heavy atom. The number of hydrogen-bond acceptors (Lipinski definition) is 4. The van der Waals surface area contributed by atoms with Crippen LogP contribution < -0.4 is 17.2 Å². The molecule has 5 nitrogen and oxygen atoms in total. The van der Waals surface area contributed by atoms with Gasteiger partial charge in [-0.15, -0.1) is 0 Å². The average Bonchev–Trinajstić information content (AvgIpc) is 2.58. The summed E-state index contributed by atoms with van der Waals surface area (Å²) in [4.78, 5) is 0. The van der Waals surface area contributed by atoms with Crippen molar-refractivity contribution in [3.05, 3.63) is 40.5 Å². The number of rotatable bonds is 3. The highest BCUT2D eigenvalue weighted by Crippen LogP contribution is 2.20. The van der Waals surface area contributed by atoms with Crippen molar-refractivity contribution in [2.24, 2.45) is 5.73 Å². The van der Waals surface area contributed by atoms with Gasteiger partial charge in [0, 0.05) is 11.6 Å². The Hall–Kier alpha value is -1.72. The molecule has 0 radical (unpaired) electrons. The summed E-state index contributed by atoms with van der Waals surface area (Å²) in [6.45, 7) is 0.884. The van der Waals surface area contributed by atoms with Crippen LogP contribution in [0, 0.1) is 0 Å². The molecular formula is C11H14ClN5. The van der Waals surface area contributed by atoms with Gasteiger partial charge in [0.2, 0.25) is 0 Å². The number of nitrogen functional groups attached to an aromatic ring is 2. The van der Waals surface area contributed by atoms with Crippen LogP contribution in [0.1, 0.15) is 11.3 Å². The lowest BCUT2D eigenvalue weighted by Gasteiger charge is -2.06. The van der Waals surface area contributed by atoms with E-state index in [0.29, 0.717) is 29.6 Å². The van der Waals surface area contributed by atoms with Crippen molar-refractivity contribution in [2.45, 2.75) is 13.1 Å². The second kappa shape index (κ2) is 4.65. The Morgan fingerprint density at radius 1 is 1.18 bits per heavy atom. The van der Waals surface area contributed by atoms with Gasteiger partial charge in [-0.05, 0) is 17.7 Å². The molecule has 0 unspecified atom stereocenters. The molecule has 0 spiro atoms. The predicted octanol–water partition coefficient (Wildman–Crippen LogP) is 1.21. The number of hydrogen-bond donors (Lipinski definition) is 3. The van der Waals surface area contributed by atoms with Crippen LogP contribution in [-0.2, 0) is 13.1 Å². The standard InChI is InChI=1S/C11H14ClN5/c12-8-3-1-7(2-4-8)6-17-9(5-13)10(14)11(15)16-17/h1-4H,5-6,13-14H2,(H2,15,16). The van der Waals surface area contributed by atoms with E-state index >= 15 is 0 Å². The highest BCUT2D eigenvalue weighted by Gasteiger charge is 2.11. The van der Waals surface area contributed by atoms with E-state index in [0.717, 1.165) is 11.3 Å². The average molecular weight is 252 g/mol. The van der Waals surface area contributed by atoms with E-state index in [-0.39, 0.29) is 0 Å². The molecule has 0 aliphatic heterocycles. The molecule has 1 aromatic heterocycles. The van der Waals surface area contributed by atoms with Gasteiger partial charge < -0.3 is 17.2 Å². The molecule has 0 saturated carbocycles. The lowest BCUT2D eigenvalue weighted by Crippen LogP contribution is -2.11. The van der Waals surface area contributed by atoms with Crippen molar-refractivity contribution in [1.82, 2.24) is 9.78 Å². The van der Waals surface area contributed by atoms with Crippen LogP contribution in [0.2, 0.25) is 5.02 Å². The molecule has 90 valence electrons. The van der Waals surface area contributed by atoms with Gasteiger partial charge in [-0.25, -0.2) is 0 Å². The molecule has 0 aliphatic rings. The fraction of sp³-hybridized carbons (Fsp3) is 0.182. The Labute approximate surface area is 104 Å². The van der Waals surface area contributed by atoms with Gasteiger partial charge in [0.25, 0.3) is 0 Å². The van der Waals surface area contributed by atoms with Gasteiger partial charge in [0.05, 0.1) is 17.9 Å². The first kappa shape index (κ1) is 11.8. The first-order chi connectivity index (χ1) is 8.11. The predicted molar refractivity (Wildman–Crippen MR) is 69.5 cm³/mol. The van der Waals surface area contributed by atoms with Crippen LogP contribution >= 0.6 is 11.6 Å². The zero-order valence-electron chi connectivity index (χ0n) is 9.23. The molecule has 1 aromatic carbocycles. The van der Waals surface area contributed by atoms with Crippen LogP contribution in [0.4, 0.5) is 11.5 Å². The number of anilines is 2. The minimum Gasteiger partial charge on any atom is -0.394 e. The maximum atomic E-state index is 5.82. The summed E-state index contributed by atoms with van der Waals surface area (Å²) < 4.78 is 1.72. The molecule has 2 rings (SSSR count). The minimum absolute atomic E-state index is 0.309. The SMILES string of the molecule is NCc1c(N)c(N)nn1Cc1ccc(Cl)cc1. The third kappa shape index (κ3) is 2.35. The summed E-state index contributed by atoms with van der Waals surface area (Å²) >= 11 is 5.82. The summed E-state index contributed by atoms with van der Waals surface area (Å²) in [5.41, 5.74) is 19.3. The first-order valence-corrected chi connectivity index (χ1v) is 5.54. The molecular weight excluding hydrogens is 238 g/mol. The van der Waals surface area contributed by atoms with Crippen molar-refractivity contribution >= 4 is 23.1 Å². The van der Waals surface area contributed by atoms with Gasteiger partial charge in [0.15, 0.2) is 5.82 Å². The first-order valence-electron chi connectivity index (χ1n) is 5.17. The zero-order valence-corrected chi connectivity index (χ0v) is 9.98. The third-order valence-corrected chi connectivity index (χ3v) is 2.82. The summed E-state index contributed by atoms with van der Waals surface area (Å²) in [6, 6.07) is 7.51. The third-order valence-electron chi connectivity index (χ3n) is 2.57. The van der Waals surface area contributed by atoms with Crippen molar-refractivity contribution in [3.63, 3.8) is 0 Å². The van der Waals surface area contributed by atoms with E-state index in [1.807, 2.05) is 24.3 Å². The van der Waals surface area contributed by atoms with Gasteiger partial charge >= 0.3 is 0 Å². The lowest BCUT2D eigenvalue weighted by molar-refractivity contribution is 0.649. The van der Waals surface area contributed by atoms with E-state index in [1.165, 1.54) is 0 Å². The van der Waals surface area contributed by atoms with E-state index in [9.17, 15) is 0 Å². The Kier molecular flexibility index (Phi) is 3.21. The van der Waals surface area contributed by atoms with Gasteiger partial charge in [0.1, 0.15) is 0 Å². The second-order valence-corrected chi connectivity index (χ2v) is 4.17. The van der Waals surface area contributed by atoms with Crippen LogP contribution in [0.3, 0.4) is 0 Å². The minimum atomic E-state index is 0.309. The molecule has 1 heterocycles. The lowest BCUT2D eigenvalue weighted by atomic mass is 10.2. The molecule has 0 amide bonds. The Morgan fingerprint density at radius 2 is 1.82 bits per heavy atom. The van der Waals surface area contributed by atoms with Crippen LogP contribution in [0.25, 0.3) is 0 Å². The van der Waals surface area contributed by atoms with Crippen LogP contribution in [-0.4, -0.2) is 9.78 Å². The highest BCUT2D eigenvalue weighted by molar-refractivity contribution is 6.30. The van der Waals surface area contributed by atoms with Crippen LogP contribution in [0.5, 0.6) is 0 Å². The quantitative estimate of drug-likeness (QED) is 0.764. The normalized spacial score (nSPS) is 10.7. The van der Waals surface area contributed by atoms with E-state index in [2.05, 4.69) is 5.10 Å². The summed E-state index contributed by atoms with van der Waals surface area (Å²) in [7, 11) is 0. The molecule has 6 N–H and O–H groups in total. The Bertz CT molecular complexity index is 517. The monoisotopic (exact) mass is 251 g/mol. The molecule has 0 atom stereocenters. The van der Waals surface area contributed by atoms with E-state index < -0.39 is 0 Å². The second-order valence-electron chi connectivity index (χ2n) is 3.73. The molecule has 0 aliphatic carbocycles. The van der Waals surface area contributed by atoms with Crippen molar-refractivity contribution in [3.8, 4) is 0 Å². The van der Waals surface area contributed by atoms with Gasteiger partial charge in [-0.1, -0.05) is 23.7 Å². The zero-order chi connectivity index (χ0) is 12.4. The van der Waals surface area contributed by atoms with E-state index in [4.69, 9.17) is 28.8 Å². The molecule has 0 saturated heterocycles. The van der Waals surface area contributed by atoms with Crippen molar-refractivity contribution in [1.29, 1.82) is 0 Å². The van der Waals surface area contributed by atoms with E-state index in [1.54, 1.807) is 4.68 Å². The molecule has 6 heteroatoms. The summed E-state index contributed by atoms with van der Waals surface area (Å²) in [5, 5.41) is 4.86. The number of benzene rings is 1. The topological polar surface area (TPSA) is 95.9 Å². The van der Waals surface area contributed by atoms with Crippen molar-refractivity contribution in [2.75, 3.05) is 11.5 Å². The molecule has 2 aromatic rings. The molecule has 17 heavy (non-hydrogen) atoms. The smallest absolute Gasteiger partial charge is 0.169 e. The molecule has 0 bridgehead atoms. The maximum absolute atomic E-state index is 5.82. The maximum Gasteiger partial charge on any atom is 0.169 e. The highest BCUT2D eigenvalue weighted by atomic mass is 35.5. The molecule has 0 fully saturated rings. The largest absolute Gasteiger partial charge is 0.394 e. The summed E-state index contributed by atoms with van der Waals surface area (Å²) in [6.07, 6.45) is 0. The van der Waals surface area contributed by atoms with Crippen molar-refractivity contribution < 1.29 is 0 Å². The number of aromatic nitrogens is 2. The summed E-state index contributed by atoms with van der Waals surface area (Å²) in [5.74, 6) is 0.319. The number of halogens is 1. The number of nitrogens with zero attached hydrogens (tertiary/aromatic N) is 2.